The third-order valence-electron chi connectivity index (χ3n) is 5.25. The van der Waals surface area contributed by atoms with Gasteiger partial charge in [-0.15, -0.1) is 0 Å². The van der Waals surface area contributed by atoms with E-state index in [2.05, 4.69) is 10.0 Å². The monoisotopic (exact) mass is 483 g/mol. The number of nitrogens with zero attached hydrogens (tertiary/aromatic N) is 1. The summed E-state index contributed by atoms with van der Waals surface area (Å²) in [5.41, 5.74) is -0.109. The summed E-state index contributed by atoms with van der Waals surface area (Å²) in [4.78, 5) is 25.3. The first-order valence-corrected chi connectivity index (χ1v) is 11.7. The molecule has 1 aliphatic rings. The van der Waals surface area contributed by atoms with Gasteiger partial charge in [-0.05, 0) is 49.6 Å². The number of hydrogen-bond acceptors (Lipinski definition) is 4. The quantitative estimate of drug-likeness (QED) is 0.604. The first kappa shape index (κ1) is 24.7. The first-order valence-electron chi connectivity index (χ1n) is 10.2. The highest BCUT2D eigenvalue weighted by molar-refractivity contribution is 7.89. The second-order valence-electron chi connectivity index (χ2n) is 7.81. The molecule has 0 aliphatic heterocycles. The van der Waals surface area contributed by atoms with Crippen molar-refractivity contribution in [3.63, 3.8) is 0 Å². The van der Waals surface area contributed by atoms with Crippen LogP contribution in [0.25, 0.3) is 0 Å². The minimum Gasteiger partial charge on any atom is -0.355 e. The third kappa shape index (κ3) is 5.91. The number of nitrogens with one attached hydrogen (secondary N) is 2. The molecule has 2 aromatic carbocycles. The van der Waals surface area contributed by atoms with E-state index in [0.29, 0.717) is 11.6 Å². The largest absolute Gasteiger partial charge is 0.417 e. The lowest BCUT2D eigenvalue weighted by molar-refractivity contribution is -0.139. The fraction of sp³-hybridized carbons (Fsp3) is 0.364. The van der Waals surface area contributed by atoms with Crippen molar-refractivity contribution < 1.29 is 31.2 Å². The van der Waals surface area contributed by atoms with Gasteiger partial charge in [-0.2, -0.15) is 17.9 Å². The Balaban J connectivity index is 1.77. The summed E-state index contributed by atoms with van der Waals surface area (Å²) >= 11 is 0. The minimum atomic E-state index is -4.86. The Morgan fingerprint density at radius 1 is 1.09 bits per heavy atom. The zero-order valence-corrected chi connectivity index (χ0v) is 18.8. The van der Waals surface area contributed by atoms with Crippen LogP contribution in [0.1, 0.15) is 41.3 Å². The van der Waals surface area contributed by atoms with Gasteiger partial charge in [0.2, 0.25) is 15.9 Å². The standard InChI is InChI=1S/C22H24F3N3O4S/c1-14(27-33(31,32)19-6-4-3-5-18(19)22(23,24)25)21(30)28(17-11-12-17)13-15-7-9-16(10-8-15)20(29)26-2/h3-10,14,17,27H,11-13H2,1-2H3,(H,26,29). The Hall–Kier alpha value is -2.92. The molecule has 1 unspecified atom stereocenters. The highest BCUT2D eigenvalue weighted by Crippen LogP contribution is 2.34. The molecule has 11 heteroatoms. The van der Waals surface area contributed by atoms with Crippen LogP contribution in [-0.2, 0) is 27.5 Å². The number of carbonyl (C=O) groups is 2. The lowest BCUT2D eigenvalue weighted by Gasteiger charge is -2.26. The molecule has 1 saturated carbocycles. The van der Waals surface area contributed by atoms with Crippen LogP contribution in [0, 0.1) is 0 Å². The number of alkyl halides is 3. The fourth-order valence-electron chi connectivity index (χ4n) is 3.41. The highest BCUT2D eigenvalue weighted by atomic mass is 32.2. The van der Waals surface area contributed by atoms with Crippen LogP contribution < -0.4 is 10.0 Å². The van der Waals surface area contributed by atoms with Crippen molar-refractivity contribution in [2.45, 2.75) is 49.5 Å². The highest BCUT2D eigenvalue weighted by Gasteiger charge is 2.39. The third-order valence-corrected chi connectivity index (χ3v) is 6.85. The van der Waals surface area contributed by atoms with Gasteiger partial charge in [0.1, 0.15) is 0 Å². The molecule has 2 aromatic rings. The van der Waals surface area contributed by atoms with E-state index in [1.165, 1.54) is 24.9 Å². The Labute approximate surface area is 190 Å². The molecule has 178 valence electrons. The van der Waals surface area contributed by atoms with Gasteiger partial charge in [-0.1, -0.05) is 24.3 Å². The fourth-order valence-corrected chi connectivity index (χ4v) is 4.83. The molecule has 2 amide bonds. The number of halogens is 3. The maximum Gasteiger partial charge on any atom is 0.417 e. The number of benzene rings is 2. The Morgan fingerprint density at radius 2 is 1.70 bits per heavy atom. The van der Waals surface area contributed by atoms with Gasteiger partial charge >= 0.3 is 6.18 Å². The molecule has 1 atom stereocenters. The summed E-state index contributed by atoms with van der Waals surface area (Å²) in [6.07, 6.45) is -3.36. The summed E-state index contributed by atoms with van der Waals surface area (Å²) in [6.45, 7) is 1.49. The number of rotatable bonds is 8. The molecule has 0 radical (unpaired) electrons. The smallest absolute Gasteiger partial charge is 0.355 e. The molecule has 0 aromatic heterocycles. The van der Waals surface area contributed by atoms with E-state index < -0.39 is 38.6 Å². The second kappa shape index (κ2) is 9.52. The Morgan fingerprint density at radius 3 is 2.24 bits per heavy atom. The van der Waals surface area contributed by atoms with Crippen LogP contribution in [0.5, 0.6) is 0 Å². The zero-order valence-electron chi connectivity index (χ0n) is 18.0. The lowest BCUT2D eigenvalue weighted by atomic mass is 10.1. The Kier molecular flexibility index (Phi) is 7.13. The van der Waals surface area contributed by atoms with Crippen LogP contribution in [0.15, 0.2) is 53.4 Å². The maximum absolute atomic E-state index is 13.3. The molecule has 33 heavy (non-hydrogen) atoms. The lowest BCUT2D eigenvalue weighted by Crippen LogP contribution is -2.47. The van der Waals surface area contributed by atoms with Crippen LogP contribution in [0.4, 0.5) is 13.2 Å². The summed E-state index contributed by atoms with van der Waals surface area (Å²) < 4.78 is 67.3. The van der Waals surface area contributed by atoms with Crippen LogP contribution in [0.3, 0.4) is 0 Å². The van der Waals surface area contributed by atoms with Gasteiger partial charge in [-0.3, -0.25) is 9.59 Å². The van der Waals surface area contributed by atoms with Gasteiger partial charge in [0.25, 0.3) is 5.91 Å². The number of carbonyl (C=O) groups excluding carboxylic acids is 2. The van der Waals surface area contributed by atoms with Crippen molar-refractivity contribution in [3.8, 4) is 0 Å². The zero-order chi connectivity index (χ0) is 24.4. The van der Waals surface area contributed by atoms with E-state index in [-0.39, 0.29) is 18.5 Å². The molecule has 0 spiro atoms. The van der Waals surface area contributed by atoms with Crippen molar-refractivity contribution in [3.05, 3.63) is 65.2 Å². The van der Waals surface area contributed by atoms with Gasteiger partial charge in [0, 0.05) is 25.2 Å². The molecule has 1 fully saturated rings. The Bertz CT molecular complexity index is 1130. The second-order valence-corrected chi connectivity index (χ2v) is 9.49. The molecule has 2 N–H and O–H groups in total. The van der Waals surface area contributed by atoms with Crippen molar-refractivity contribution in [1.29, 1.82) is 0 Å². The van der Waals surface area contributed by atoms with Gasteiger partial charge < -0.3 is 10.2 Å². The summed E-state index contributed by atoms with van der Waals surface area (Å²) in [5.74, 6) is -0.792. The van der Waals surface area contributed by atoms with Crippen LogP contribution in [0.2, 0.25) is 0 Å². The van der Waals surface area contributed by atoms with Gasteiger partial charge in [0.05, 0.1) is 16.5 Å². The van der Waals surface area contributed by atoms with Crippen molar-refractivity contribution in [2.75, 3.05) is 7.05 Å². The van der Waals surface area contributed by atoms with Gasteiger partial charge in [-0.25, -0.2) is 8.42 Å². The molecule has 0 saturated heterocycles. The van der Waals surface area contributed by atoms with E-state index >= 15 is 0 Å². The molecular formula is C22H24F3N3O4S. The average molecular weight is 484 g/mol. The van der Waals surface area contributed by atoms with E-state index in [9.17, 15) is 31.2 Å². The molecule has 1 aliphatic carbocycles. The van der Waals surface area contributed by atoms with Crippen LogP contribution in [-0.4, -0.2) is 44.3 Å². The SMILES string of the molecule is CNC(=O)c1ccc(CN(C(=O)C(C)NS(=O)(=O)c2ccccc2C(F)(F)F)C2CC2)cc1. The van der Waals surface area contributed by atoms with Crippen molar-refractivity contribution >= 4 is 21.8 Å². The minimum absolute atomic E-state index is 0.0782. The molecule has 0 bridgehead atoms. The predicted molar refractivity (Wildman–Crippen MR) is 115 cm³/mol. The average Bonchev–Trinajstić information content (AvgIpc) is 3.61. The summed E-state index contributed by atoms with van der Waals surface area (Å²) in [5, 5.41) is 2.51. The number of hydrogen-bond donors (Lipinski definition) is 2. The van der Waals surface area contributed by atoms with Crippen LogP contribution >= 0.6 is 0 Å². The number of sulfonamides is 1. The summed E-state index contributed by atoms with van der Waals surface area (Å²) in [7, 11) is -3.10. The molecule has 3 rings (SSSR count). The predicted octanol–water partition coefficient (Wildman–Crippen LogP) is 2.92. The normalized spacial score (nSPS) is 15.1. The first-order chi connectivity index (χ1) is 15.4. The van der Waals surface area contributed by atoms with Gasteiger partial charge in [0.15, 0.2) is 0 Å². The maximum atomic E-state index is 13.3. The van der Waals surface area contributed by atoms with Crippen molar-refractivity contribution in [1.82, 2.24) is 14.9 Å². The molecule has 7 nitrogen and oxygen atoms in total. The summed E-state index contributed by atoms with van der Waals surface area (Å²) in [6, 6.07) is 9.09. The van der Waals surface area contributed by atoms with E-state index in [4.69, 9.17) is 0 Å². The molecular weight excluding hydrogens is 459 g/mol. The van der Waals surface area contributed by atoms with E-state index in [1.54, 1.807) is 24.3 Å². The van der Waals surface area contributed by atoms with Crippen molar-refractivity contribution in [2.24, 2.45) is 0 Å². The van der Waals surface area contributed by atoms with E-state index in [0.717, 1.165) is 30.5 Å². The number of amides is 2. The van der Waals surface area contributed by atoms with E-state index in [1.807, 2.05) is 0 Å². The molecule has 0 heterocycles. The topological polar surface area (TPSA) is 95.6 Å².